The van der Waals surface area contributed by atoms with Crippen molar-refractivity contribution in [2.75, 3.05) is 5.33 Å². The van der Waals surface area contributed by atoms with E-state index in [1.165, 1.54) is 0 Å². The lowest BCUT2D eigenvalue weighted by Gasteiger charge is -2.18. The number of rotatable bonds is 5. The summed E-state index contributed by atoms with van der Waals surface area (Å²) in [5.41, 5.74) is 1.41. The van der Waals surface area contributed by atoms with Crippen molar-refractivity contribution in [2.45, 2.75) is 36.9 Å². The van der Waals surface area contributed by atoms with E-state index in [0.29, 0.717) is 17.3 Å². The molecule has 1 aromatic carbocycles. The van der Waals surface area contributed by atoms with Crippen LogP contribution < -0.4 is 0 Å². The molecule has 4 heteroatoms. The molecule has 0 spiro atoms. The van der Waals surface area contributed by atoms with Crippen molar-refractivity contribution in [3.63, 3.8) is 0 Å². The maximum absolute atomic E-state index is 9.95. The van der Waals surface area contributed by atoms with Gasteiger partial charge in [0, 0.05) is 5.33 Å². The lowest BCUT2D eigenvalue weighted by Crippen LogP contribution is -2.18. The highest BCUT2D eigenvalue weighted by Crippen LogP contribution is 2.47. The van der Waals surface area contributed by atoms with E-state index in [1.807, 2.05) is 12.1 Å². The Balaban J connectivity index is 2.11. The van der Waals surface area contributed by atoms with E-state index in [9.17, 15) is 10.2 Å². The zero-order valence-electron chi connectivity index (χ0n) is 10.0. The molecule has 1 aliphatic rings. The Labute approximate surface area is 115 Å². The molecule has 1 aliphatic carbocycles. The molecule has 2 N–H and O–H groups in total. The molecule has 3 nitrogen and oxygen atoms in total. The smallest absolute Gasteiger partial charge is 0.105 e. The van der Waals surface area contributed by atoms with E-state index >= 15 is 0 Å². The second-order valence-corrected chi connectivity index (χ2v) is 5.60. The number of hydrogen-bond acceptors (Lipinski definition) is 3. The van der Waals surface area contributed by atoms with Crippen molar-refractivity contribution in [3.05, 3.63) is 35.4 Å². The van der Waals surface area contributed by atoms with Gasteiger partial charge < -0.3 is 10.2 Å². The van der Waals surface area contributed by atoms with Gasteiger partial charge in [-0.25, -0.2) is 0 Å². The van der Waals surface area contributed by atoms with E-state index in [1.54, 1.807) is 12.1 Å². The molecule has 96 valence electrons. The van der Waals surface area contributed by atoms with Crippen LogP contribution in [0.15, 0.2) is 24.3 Å². The number of aliphatic hydroxyl groups is 2. The average molecular weight is 310 g/mol. The van der Waals surface area contributed by atoms with Crippen molar-refractivity contribution in [1.82, 2.24) is 0 Å². The van der Waals surface area contributed by atoms with Gasteiger partial charge in [0.05, 0.1) is 17.6 Å². The third kappa shape index (κ3) is 2.59. The standard InChI is InChI=1S/C14H16BrNO2/c15-8-5-12(17)13(18)10-1-3-11(4-2-10)14(9-16)6-7-14/h1-4,12-13,17-18H,5-8H2. The van der Waals surface area contributed by atoms with Crippen molar-refractivity contribution in [1.29, 1.82) is 5.26 Å². The van der Waals surface area contributed by atoms with Crippen LogP contribution in [-0.4, -0.2) is 21.6 Å². The highest BCUT2D eigenvalue weighted by Gasteiger charge is 2.44. The lowest BCUT2D eigenvalue weighted by molar-refractivity contribution is 0.0173. The monoisotopic (exact) mass is 309 g/mol. The van der Waals surface area contributed by atoms with Gasteiger partial charge in [0.1, 0.15) is 6.10 Å². The first-order valence-electron chi connectivity index (χ1n) is 6.07. The molecule has 1 fully saturated rings. The molecule has 0 radical (unpaired) electrons. The minimum atomic E-state index is -0.867. The Morgan fingerprint density at radius 2 is 1.89 bits per heavy atom. The van der Waals surface area contributed by atoms with E-state index in [2.05, 4.69) is 22.0 Å². The maximum atomic E-state index is 9.95. The predicted molar refractivity (Wildman–Crippen MR) is 72.3 cm³/mol. The van der Waals surface area contributed by atoms with Crippen LogP contribution in [0.5, 0.6) is 0 Å². The molecule has 2 atom stereocenters. The average Bonchev–Trinajstić information content (AvgIpc) is 3.19. The Morgan fingerprint density at radius 1 is 1.28 bits per heavy atom. The summed E-state index contributed by atoms with van der Waals surface area (Å²) in [6.07, 6.45) is 0.704. The van der Waals surface area contributed by atoms with Crippen LogP contribution in [0.25, 0.3) is 0 Å². The molecule has 0 saturated heterocycles. The fourth-order valence-electron chi connectivity index (χ4n) is 2.08. The summed E-state index contributed by atoms with van der Waals surface area (Å²) < 4.78 is 0. The summed E-state index contributed by atoms with van der Waals surface area (Å²) in [6.45, 7) is 0. The van der Waals surface area contributed by atoms with Crippen molar-refractivity contribution < 1.29 is 10.2 Å². The van der Waals surface area contributed by atoms with Gasteiger partial charge in [0.15, 0.2) is 0 Å². The molecule has 0 heterocycles. The molecule has 0 aliphatic heterocycles. The van der Waals surface area contributed by atoms with Crippen LogP contribution in [0.1, 0.15) is 36.5 Å². The van der Waals surface area contributed by atoms with Crippen molar-refractivity contribution in [2.24, 2.45) is 0 Å². The van der Waals surface area contributed by atoms with Gasteiger partial charge >= 0.3 is 0 Å². The van der Waals surface area contributed by atoms with Crippen LogP contribution in [0, 0.1) is 11.3 Å². The minimum absolute atomic E-state index is 0.294. The van der Waals surface area contributed by atoms with E-state index < -0.39 is 12.2 Å². The number of hydrogen-bond donors (Lipinski definition) is 2. The molecule has 1 aromatic rings. The lowest BCUT2D eigenvalue weighted by atomic mass is 9.94. The van der Waals surface area contributed by atoms with Crippen LogP contribution in [-0.2, 0) is 5.41 Å². The summed E-state index contributed by atoms with van der Waals surface area (Å²) in [4.78, 5) is 0. The number of aliphatic hydroxyl groups excluding tert-OH is 2. The Hall–Kier alpha value is -0.890. The SMILES string of the molecule is N#CC1(c2ccc(C(O)C(O)CCBr)cc2)CC1. The van der Waals surface area contributed by atoms with Crippen LogP contribution in [0.2, 0.25) is 0 Å². The maximum Gasteiger partial charge on any atom is 0.105 e. The molecule has 0 aromatic heterocycles. The highest BCUT2D eigenvalue weighted by atomic mass is 79.9. The molecule has 2 rings (SSSR count). The molecule has 2 unspecified atom stereocenters. The Kier molecular flexibility index (Phi) is 4.06. The molecular formula is C14H16BrNO2. The van der Waals surface area contributed by atoms with E-state index in [4.69, 9.17) is 5.26 Å². The zero-order chi connectivity index (χ0) is 13.2. The van der Waals surface area contributed by atoms with Gasteiger partial charge in [0.25, 0.3) is 0 Å². The topological polar surface area (TPSA) is 64.2 Å². The first-order valence-corrected chi connectivity index (χ1v) is 7.19. The van der Waals surface area contributed by atoms with Crippen LogP contribution in [0.4, 0.5) is 0 Å². The highest BCUT2D eigenvalue weighted by molar-refractivity contribution is 9.09. The first kappa shape index (κ1) is 13.5. The van der Waals surface area contributed by atoms with Crippen molar-refractivity contribution in [3.8, 4) is 6.07 Å². The number of nitrogens with zero attached hydrogens (tertiary/aromatic N) is 1. The summed E-state index contributed by atoms with van der Waals surface area (Å²) >= 11 is 3.24. The fourth-order valence-corrected chi connectivity index (χ4v) is 2.55. The Bertz CT molecular complexity index is 448. The second kappa shape index (κ2) is 5.40. The van der Waals surface area contributed by atoms with Crippen molar-refractivity contribution >= 4 is 15.9 Å². The Morgan fingerprint density at radius 3 is 2.33 bits per heavy atom. The normalized spacial score (nSPS) is 19.9. The summed E-state index contributed by atoms with van der Waals surface area (Å²) in [5.74, 6) is 0. The van der Waals surface area contributed by atoms with Gasteiger partial charge in [-0.15, -0.1) is 0 Å². The van der Waals surface area contributed by atoms with E-state index in [0.717, 1.165) is 18.4 Å². The second-order valence-electron chi connectivity index (χ2n) is 4.81. The van der Waals surface area contributed by atoms with Gasteiger partial charge in [-0.05, 0) is 30.4 Å². The summed E-state index contributed by atoms with van der Waals surface area (Å²) in [5, 5.41) is 29.4. The molecule has 0 bridgehead atoms. The summed E-state index contributed by atoms with van der Waals surface area (Å²) in [6, 6.07) is 9.71. The number of alkyl halides is 1. The number of nitriles is 1. The van der Waals surface area contributed by atoms with Gasteiger partial charge in [-0.3, -0.25) is 0 Å². The van der Waals surface area contributed by atoms with Gasteiger partial charge in [-0.2, -0.15) is 5.26 Å². The number of benzene rings is 1. The van der Waals surface area contributed by atoms with Gasteiger partial charge in [0.2, 0.25) is 0 Å². The first-order chi connectivity index (χ1) is 8.63. The molecule has 0 amide bonds. The largest absolute Gasteiger partial charge is 0.390 e. The quantitative estimate of drug-likeness (QED) is 0.821. The third-order valence-corrected chi connectivity index (χ3v) is 4.00. The molecule has 18 heavy (non-hydrogen) atoms. The fraction of sp³-hybridized carbons (Fsp3) is 0.500. The minimum Gasteiger partial charge on any atom is -0.390 e. The summed E-state index contributed by atoms with van der Waals surface area (Å²) in [7, 11) is 0. The molecular weight excluding hydrogens is 294 g/mol. The van der Waals surface area contributed by atoms with E-state index in [-0.39, 0.29) is 5.41 Å². The molecule has 1 saturated carbocycles. The zero-order valence-corrected chi connectivity index (χ0v) is 11.6. The van der Waals surface area contributed by atoms with Gasteiger partial charge in [-0.1, -0.05) is 40.2 Å². The predicted octanol–water partition coefficient (Wildman–Crippen LogP) is 2.42. The number of halogens is 1. The third-order valence-electron chi connectivity index (χ3n) is 3.54. The van der Waals surface area contributed by atoms with Crippen LogP contribution in [0.3, 0.4) is 0 Å². The van der Waals surface area contributed by atoms with Crippen LogP contribution >= 0.6 is 15.9 Å².